The van der Waals surface area contributed by atoms with Crippen molar-refractivity contribution >= 4 is 18.0 Å². The van der Waals surface area contributed by atoms with Gasteiger partial charge in [0.1, 0.15) is 12.2 Å². The molecule has 0 radical (unpaired) electrons. The minimum Gasteiger partial charge on any atom is -0.481 e. The average Bonchev–Trinajstić information content (AvgIpc) is 2.99. The maximum Gasteiger partial charge on any atom is 0.360 e. The van der Waals surface area contributed by atoms with Crippen molar-refractivity contribution < 1.29 is 28.6 Å². The van der Waals surface area contributed by atoms with Crippen LogP contribution in [0.1, 0.15) is 17.4 Å². The third kappa shape index (κ3) is 3.02. The number of nitrogens with zero attached hydrogens (tertiary/aromatic N) is 1. The van der Waals surface area contributed by atoms with Gasteiger partial charge in [-0.25, -0.2) is 4.79 Å². The summed E-state index contributed by atoms with van der Waals surface area (Å²) in [6.45, 7) is 2.31. The van der Waals surface area contributed by atoms with Crippen LogP contribution < -0.4 is 5.32 Å². The highest BCUT2D eigenvalue weighted by atomic mass is 16.5. The van der Waals surface area contributed by atoms with Gasteiger partial charge in [0.05, 0.1) is 25.9 Å². The van der Waals surface area contributed by atoms with Crippen LogP contribution in [-0.2, 0) is 14.3 Å². The van der Waals surface area contributed by atoms with E-state index in [1.54, 1.807) is 6.92 Å². The summed E-state index contributed by atoms with van der Waals surface area (Å²) >= 11 is 0. The molecule has 104 valence electrons. The molecule has 0 amide bonds. The number of aliphatic carboxylic acids is 1. The topological polar surface area (TPSA) is 111 Å². The molecule has 2 rings (SSSR count). The van der Waals surface area contributed by atoms with Crippen molar-refractivity contribution in [3.8, 4) is 0 Å². The maximum absolute atomic E-state index is 11.4. The Hall–Kier alpha value is -2.09. The van der Waals surface area contributed by atoms with E-state index in [-0.39, 0.29) is 31.5 Å². The molecule has 0 bridgehead atoms. The number of nitrogens with one attached hydrogen (secondary N) is 1. The third-order valence-electron chi connectivity index (χ3n) is 2.70. The number of anilines is 1. The fraction of sp³-hybridized carbons (Fsp3) is 0.545. The van der Waals surface area contributed by atoms with Crippen molar-refractivity contribution in [2.45, 2.75) is 13.0 Å². The molecule has 8 heteroatoms. The van der Waals surface area contributed by atoms with Crippen LogP contribution in [0.4, 0.5) is 6.01 Å². The molecule has 2 N–H and O–H groups in total. The minimum atomic E-state index is -0.952. The summed E-state index contributed by atoms with van der Waals surface area (Å²) in [5.41, 5.74) is 0.0372. The number of carboxylic acids is 1. The second-order valence-electron chi connectivity index (χ2n) is 3.99. The average molecular weight is 270 g/mol. The third-order valence-corrected chi connectivity index (χ3v) is 2.70. The number of carboxylic acid groups (broad SMARTS) is 1. The lowest BCUT2D eigenvalue weighted by molar-refractivity contribution is -0.141. The SMILES string of the molecule is CCOC(=O)c1coc(NC2COCC2C(=O)O)n1. The number of hydrogen-bond donors (Lipinski definition) is 2. The van der Waals surface area contributed by atoms with Gasteiger partial charge in [0.15, 0.2) is 5.69 Å². The largest absolute Gasteiger partial charge is 0.481 e. The number of hydrogen-bond acceptors (Lipinski definition) is 7. The number of aromatic nitrogens is 1. The van der Waals surface area contributed by atoms with Crippen LogP contribution in [0.15, 0.2) is 10.7 Å². The van der Waals surface area contributed by atoms with Crippen molar-refractivity contribution in [2.24, 2.45) is 5.92 Å². The summed E-state index contributed by atoms with van der Waals surface area (Å²) in [4.78, 5) is 26.2. The van der Waals surface area contributed by atoms with E-state index in [1.807, 2.05) is 0 Å². The zero-order valence-electron chi connectivity index (χ0n) is 10.3. The van der Waals surface area contributed by atoms with Crippen LogP contribution in [0, 0.1) is 5.92 Å². The van der Waals surface area contributed by atoms with Gasteiger partial charge >= 0.3 is 11.9 Å². The normalized spacial score (nSPS) is 22.2. The van der Waals surface area contributed by atoms with Crippen molar-refractivity contribution in [3.05, 3.63) is 12.0 Å². The van der Waals surface area contributed by atoms with Crippen LogP contribution in [0.5, 0.6) is 0 Å². The quantitative estimate of drug-likeness (QED) is 0.738. The zero-order chi connectivity index (χ0) is 13.8. The Kier molecular flexibility index (Phi) is 4.00. The van der Waals surface area contributed by atoms with Crippen LogP contribution in [0.2, 0.25) is 0 Å². The molecule has 0 saturated carbocycles. The fourth-order valence-corrected chi connectivity index (χ4v) is 1.74. The minimum absolute atomic E-state index is 0.0372. The van der Waals surface area contributed by atoms with E-state index in [0.717, 1.165) is 6.26 Å². The zero-order valence-corrected chi connectivity index (χ0v) is 10.3. The highest BCUT2D eigenvalue weighted by Gasteiger charge is 2.35. The predicted molar refractivity (Wildman–Crippen MR) is 61.8 cm³/mol. The van der Waals surface area contributed by atoms with Gasteiger partial charge in [0, 0.05) is 0 Å². The van der Waals surface area contributed by atoms with Crippen molar-refractivity contribution in [1.82, 2.24) is 4.98 Å². The molecule has 2 heterocycles. The van der Waals surface area contributed by atoms with Gasteiger partial charge in [0.25, 0.3) is 6.01 Å². The summed E-state index contributed by atoms with van der Waals surface area (Å²) in [6.07, 6.45) is 1.16. The Morgan fingerprint density at radius 1 is 1.58 bits per heavy atom. The molecule has 1 aromatic heterocycles. The van der Waals surface area contributed by atoms with Gasteiger partial charge in [0.2, 0.25) is 0 Å². The first-order valence-corrected chi connectivity index (χ1v) is 5.81. The number of oxazole rings is 1. The van der Waals surface area contributed by atoms with Crippen LogP contribution in [0.25, 0.3) is 0 Å². The molecule has 1 aromatic rings. The Labute approximate surface area is 108 Å². The Balaban J connectivity index is 2.00. The molecule has 1 fully saturated rings. The second kappa shape index (κ2) is 5.70. The van der Waals surface area contributed by atoms with Gasteiger partial charge in [-0.3, -0.25) is 4.79 Å². The van der Waals surface area contributed by atoms with Gasteiger partial charge in [-0.1, -0.05) is 0 Å². The first kappa shape index (κ1) is 13.3. The van der Waals surface area contributed by atoms with E-state index in [0.29, 0.717) is 0 Å². The molecule has 0 spiro atoms. The van der Waals surface area contributed by atoms with Crippen molar-refractivity contribution in [2.75, 3.05) is 25.1 Å². The van der Waals surface area contributed by atoms with Gasteiger partial charge < -0.3 is 24.3 Å². The Bertz CT molecular complexity index is 472. The summed E-state index contributed by atoms with van der Waals surface area (Å²) in [6, 6.07) is -0.365. The van der Waals surface area contributed by atoms with E-state index in [9.17, 15) is 9.59 Å². The highest BCUT2D eigenvalue weighted by molar-refractivity contribution is 5.87. The number of ether oxygens (including phenoxy) is 2. The summed E-state index contributed by atoms with van der Waals surface area (Å²) in [5.74, 6) is -2.21. The summed E-state index contributed by atoms with van der Waals surface area (Å²) < 4.78 is 14.9. The molecule has 2 atom stereocenters. The van der Waals surface area contributed by atoms with Gasteiger partial charge in [-0.05, 0) is 6.92 Å². The van der Waals surface area contributed by atoms with Crippen LogP contribution in [-0.4, -0.2) is 47.9 Å². The van der Waals surface area contributed by atoms with Crippen LogP contribution >= 0.6 is 0 Å². The van der Waals surface area contributed by atoms with E-state index < -0.39 is 23.9 Å². The first-order valence-electron chi connectivity index (χ1n) is 5.81. The number of rotatable bonds is 5. The molecular weight excluding hydrogens is 256 g/mol. The smallest absolute Gasteiger partial charge is 0.360 e. The van der Waals surface area contributed by atoms with Crippen molar-refractivity contribution in [3.63, 3.8) is 0 Å². The number of carbonyl (C=O) groups is 2. The first-order chi connectivity index (χ1) is 9.11. The summed E-state index contributed by atoms with van der Waals surface area (Å²) in [5, 5.41) is 11.8. The second-order valence-corrected chi connectivity index (χ2v) is 3.99. The molecule has 2 unspecified atom stereocenters. The molecule has 8 nitrogen and oxygen atoms in total. The van der Waals surface area contributed by atoms with E-state index in [4.69, 9.17) is 19.0 Å². The van der Waals surface area contributed by atoms with E-state index in [2.05, 4.69) is 10.3 Å². The van der Waals surface area contributed by atoms with Gasteiger partial charge in [-0.2, -0.15) is 4.98 Å². The molecular formula is C11H14N2O6. The Morgan fingerprint density at radius 3 is 3.05 bits per heavy atom. The number of carbonyl (C=O) groups excluding carboxylic acids is 1. The van der Waals surface area contributed by atoms with Crippen molar-refractivity contribution in [1.29, 1.82) is 0 Å². The molecule has 0 aromatic carbocycles. The number of esters is 1. The van der Waals surface area contributed by atoms with Crippen LogP contribution in [0.3, 0.4) is 0 Å². The molecule has 1 aliphatic heterocycles. The summed E-state index contributed by atoms with van der Waals surface area (Å²) in [7, 11) is 0. The van der Waals surface area contributed by atoms with Gasteiger partial charge in [-0.15, -0.1) is 0 Å². The Morgan fingerprint density at radius 2 is 2.37 bits per heavy atom. The molecule has 1 aliphatic rings. The lowest BCUT2D eigenvalue weighted by Gasteiger charge is -2.13. The lowest BCUT2D eigenvalue weighted by atomic mass is 10.1. The highest BCUT2D eigenvalue weighted by Crippen LogP contribution is 2.19. The molecule has 19 heavy (non-hydrogen) atoms. The molecule has 0 aliphatic carbocycles. The molecule has 1 saturated heterocycles. The van der Waals surface area contributed by atoms with E-state index in [1.165, 1.54) is 0 Å². The lowest BCUT2D eigenvalue weighted by Crippen LogP contribution is -2.33. The fourth-order valence-electron chi connectivity index (χ4n) is 1.74. The standard InChI is InChI=1S/C11H14N2O6/c1-2-18-10(16)8-5-19-11(13-8)12-7-4-17-3-6(7)9(14)15/h5-7H,2-4H2,1H3,(H,12,13)(H,14,15). The predicted octanol–water partition coefficient (Wildman–Crippen LogP) is 0.363. The maximum atomic E-state index is 11.4. The van der Waals surface area contributed by atoms with E-state index >= 15 is 0 Å². The monoisotopic (exact) mass is 270 g/mol.